The summed E-state index contributed by atoms with van der Waals surface area (Å²) in [5.74, 6) is -0.227. The van der Waals surface area contributed by atoms with E-state index in [0.717, 1.165) is 31.7 Å². The largest absolute Gasteiger partial charge is 0.506 e. The van der Waals surface area contributed by atoms with Gasteiger partial charge in [0.1, 0.15) is 23.0 Å². The predicted octanol–water partition coefficient (Wildman–Crippen LogP) is 7.22. The van der Waals surface area contributed by atoms with Crippen molar-refractivity contribution in [2.75, 3.05) is 13.7 Å². The molecule has 4 rings (SSSR count). The third-order valence-corrected chi connectivity index (χ3v) is 7.68. The highest BCUT2D eigenvalue weighted by Gasteiger charge is 2.33. The lowest BCUT2D eigenvalue weighted by molar-refractivity contribution is -0.138. The Hall–Kier alpha value is -3.31. The van der Waals surface area contributed by atoms with Crippen LogP contribution in [-0.4, -0.2) is 35.7 Å². The standard InChI is InChI=1S/C30H28INO6S/c1-4-9-25(33)32-29-26(30(35)37-5-2)27(34)24(39-29)16-18-14-22(31)28(23(15-18)36-3)38-17-20-12-8-11-19-10-6-7-13-21(19)20/h6-8,10-16,34H,4-5,9,17H2,1-3H3/b24-16-,32-29?. The molecule has 1 N–H and O–H groups in total. The first-order valence-corrected chi connectivity index (χ1v) is 14.3. The number of aliphatic imine (C=N–C) groups is 1. The molecule has 0 atom stereocenters. The van der Waals surface area contributed by atoms with Crippen LogP contribution >= 0.6 is 34.4 Å². The minimum Gasteiger partial charge on any atom is -0.506 e. The molecule has 202 valence electrons. The molecule has 1 aliphatic heterocycles. The summed E-state index contributed by atoms with van der Waals surface area (Å²) in [6, 6.07) is 18.0. The van der Waals surface area contributed by atoms with Crippen molar-refractivity contribution in [3.63, 3.8) is 0 Å². The quantitative estimate of drug-likeness (QED) is 0.192. The van der Waals surface area contributed by atoms with Crippen LogP contribution in [0.4, 0.5) is 0 Å². The molecule has 1 aliphatic rings. The van der Waals surface area contributed by atoms with Crippen molar-refractivity contribution < 1.29 is 28.9 Å². The molecule has 1 heterocycles. The van der Waals surface area contributed by atoms with E-state index in [1.807, 2.05) is 37.3 Å². The molecule has 0 radical (unpaired) electrons. The first-order chi connectivity index (χ1) is 18.9. The van der Waals surface area contributed by atoms with Crippen LogP contribution in [0.1, 0.15) is 37.8 Å². The summed E-state index contributed by atoms with van der Waals surface area (Å²) in [7, 11) is 1.57. The van der Waals surface area contributed by atoms with Gasteiger partial charge in [-0.2, -0.15) is 0 Å². The first kappa shape index (κ1) is 28.7. The van der Waals surface area contributed by atoms with Crippen LogP contribution in [-0.2, 0) is 20.9 Å². The van der Waals surface area contributed by atoms with Gasteiger partial charge in [-0.15, -0.1) is 0 Å². The van der Waals surface area contributed by atoms with Crippen molar-refractivity contribution in [2.24, 2.45) is 4.99 Å². The maximum Gasteiger partial charge on any atom is 0.344 e. The van der Waals surface area contributed by atoms with Gasteiger partial charge in [0.05, 0.1) is 22.2 Å². The molecule has 0 fully saturated rings. The van der Waals surface area contributed by atoms with Crippen molar-refractivity contribution in [1.29, 1.82) is 0 Å². The molecular weight excluding hydrogens is 629 g/mol. The molecule has 0 aromatic heterocycles. The number of rotatable bonds is 9. The number of carbonyl (C=O) groups is 2. The Labute approximate surface area is 245 Å². The number of esters is 1. The number of methoxy groups -OCH3 is 1. The Balaban J connectivity index is 1.64. The number of hydrogen-bond acceptors (Lipinski definition) is 7. The van der Waals surface area contributed by atoms with Gasteiger partial charge in [-0.05, 0) is 76.0 Å². The fourth-order valence-corrected chi connectivity index (χ4v) is 5.87. The lowest BCUT2D eigenvalue weighted by atomic mass is 10.1. The Morgan fingerprint density at radius 2 is 1.87 bits per heavy atom. The van der Waals surface area contributed by atoms with Gasteiger partial charge >= 0.3 is 5.97 Å². The number of hydrogen-bond donors (Lipinski definition) is 1. The Kier molecular flexibility index (Phi) is 9.68. The van der Waals surface area contributed by atoms with Crippen molar-refractivity contribution in [2.45, 2.75) is 33.3 Å². The normalized spacial score (nSPS) is 15.3. The van der Waals surface area contributed by atoms with Crippen LogP contribution < -0.4 is 9.47 Å². The van der Waals surface area contributed by atoms with Crippen molar-refractivity contribution >= 4 is 68.1 Å². The van der Waals surface area contributed by atoms with Gasteiger partial charge in [0.15, 0.2) is 11.5 Å². The van der Waals surface area contributed by atoms with Crippen LogP contribution in [0.2, 0.25) is 0 Å². The molecular formula is C30H28INO6S. The minimum absolute atomic E-state index is 0.103. The third-order valence-electron chi connectivity index (χ3n) is 5.86. The Bertz CT molecular complexity index is 1510. The SMILES string of the molecule is CCCC(=O)N=C1S/C(=C\c2cc(I)c(OCc3cccc4ccccc34)c(OC)c2)C(O)=C1C(=O)OCC. The molecule has 39 heavy (non-hydrogen) atoms. The van der Waals surface area contributed by atoms with Crippen molar-refractivity contribution in [3.8, 4) is 11.5 Å². The number of amides is 1. The number of thioether (sulfide) groups is 1. The molecule has 1 amide bonds. The number of aliphatic hydroxyl groups is 1. The van der Waals surface area contributed by atoms with Crippen LogP contribution in [0.5, 0.6) is 11.5 Å². The lowest BCUT2D eigenvalue weighted by Crippen LogP contribution is -2.14. The van der Waals surface area contributed by atoms with E-state index in [1.54, 1.807) is 26.2 Å². The Morgan fingerprint density at radius 1 is 1.10 bits per heavy atom. The van der Waals surface area contributed by atoms with Crippen LogP contribution in [0.15, 0.2) is 75.8 Å². The van der Waals surface area contributed by atoms with E-state index in [-0.39, 0.29) is 35.3 Å². The van der Waals surface area contributed by atoms with E-state index in [0.29, 0.717) is 35.0 Å². The number of benzene rings is 3. The molecule has 0 unspecified atom stereocenters. The number of halogens is 1. The van der Waals surface area contributed by atoms with Crippen LogP contribution in [0.3, 0.4) is 0 Å². The fourth-order valence-electron chi connectivity index (χ4n) is 4.06. The van der Waals surface area contributed by atoms with Crippen molar-refractivity contribution in [1.82, 2.24) is 0 Å². The third kappa shape index (κ3) is 6.65. The number of ether oxygens (including phenoxy) is 3. The molecule has 0 bridgehead atoms. The highest BCUT2D eigenvalue weighted by molar-refractivity contribution is 14.1. The second-order valence-electron chi connectivity index (χ2n) is 8.58. The predicted molar refractivity (Wildman–Crippen MR) is 163 cm³/mol. The number of aliphatic hydroxyl groups excluding tert-OH is 1. The number of fused-ring (bicyclic) bond motifs is 1. The van der Waals surface area contributed by atoms with E-state index in [1.165, 1.54) is 0 Å². The summed E-state index contributed by atoms with van der Waals surface area (Å²) in [5.41, 5.74) is 1.67. The smallest absolute Gasteiger partial charge is 0.344 e. The van der Waals surface area contributed by atoms with Crippen LogP contribution in [0.25, 0.3) is 16.8 Å². The van der Waals surface area contributed by atoms with Gasteiger partial charge < -0.3 is 19.3 Å². The summed E-state index contributed by atoms with van der Waals surface area (Å²) in [4.78, 5) is 29.2. The van der Waals surface area contributed by atoms with E-state index < -0.39 is 5.97 Å². The molecule has 0 spiro atoms. The molecule has 7 nitrogen and oxygen atoms in total. The lowest BCUT2D eigenvalue weighted by Gasteiger charge is -2.15. The zero-order valence-corrected chi connectivity index (χ0v) is 24.8. The summed E-state index contributed by atoms with van der Waals surface area (Å²) in [6.45, 7) is 4.04. The van der Waals surface area contributed by atoms with Gasteiger partial charge in [0.25, 0.3) is 0 Å². The summed E-state index contributed by atoms with van der Waals surface area (Å²) in [5, 5.41) is 13.3. The van der Waals surface area contributed by atoms with Gasteiger partial charge in [0, 0.05) is 6.42 Å². The maximum atomic E-state index is 12.6. The zero-order chi connectivity index (χ0) is 27.9. The molecule has 3 aromatic carbocycles. The monoisotopic (exact) mass is 657 g/mol. The number of carbonyl (C=O) groups excluding carboxylic acids is 2. The average Bonchev–Trinajstić information content (AvgIpc) is 3.21. The molecule has 9 heteroatoms. The zero-order valence-electron chi connectivity index (χ0n) is 21.8. The number of nitrogens with zero attached hydrogens (tertiary/aromatic N) is 1. The average molecular weight is 658 g/mol. The molecule has 0 aliphatic carbocycles. The minimum atomic E-state index is -0.724. The maximum absolute atomic E-state index is 12.6. The second-order valence-corrected chi connectivity index (χ2v) is 10.8. The molecule has 3 aromatic rings. The van der Waals surface area contributed by atoms with E-state index in [2.05, 4.69) is 45.8 Å². The summed E-state index contributed by atoms with van der Waals surface area (Å²) in [6.07, 6.45) is 2.58. The van der Waals surface area contributed by atoms with Crippen molar-refractivity contribution in [3.05, 3.63) is 85.5 Å². The Morgan fingerprint density at radius 3 is 2.62 bits per heavy atom. The van der Waals surface area contributed by atoms with Gasteiger partial charge in [-0.3, -0.25) is 4.79 Å². The molecule has 0 saturated heterocycles. The van der Waals surface area contributed by atoms with Gasteiger partial charge in [-0.25, -0.2) is 9.79 Å². The van der Waals surface area contributed by atoms with Gasteiger partial charge in [-0.1, -0.05) is 61.2 Å². The fraction of sp³-hybridized carbons (Fsp3) is 0.233. The van der Waals surface area contributed by atoms with Crippen LogP contribution in [0, 0.1) is 3.57 Å². The summed E-state index contributed by atoms with van der Waals surface area (Å²) < 4.78 is 17.8. The van der Waals surface area contributed by atoms with Gasteiger partial charge in [0.2, 0.25) is 5.91 Å². The second kappa shape index (κ2) is 13.2. The topological polar surface area (TPSA) is 94.4 Å². The first-order valence-electron chi connectivity index (χ1n) is 12.4. The van der Waals surface area contributed by atoms with E-state index >= 15 is 0 Å². The summed E-state index contributed by atoms with van der Waals surface area (Å²) >= 11 is 3.24. The van der Waals surface area contributed by atoms with E-state index in [9.17, 15) is 14.7 Å². The molecule has 0 saturated carbocycles. The highest BCUT2D eigenvalue weighted by atomic mass is 127. The highest BCUT2D eigenvalue weighted by Crippen LogP contribution is 2.41. The van der Waals surface area contributed by atoms with E-state index in [4.69, 9.17) is 14.2 Å².